The van der Waals surface area contributed by atoms with Crippen LogP contribution in [0.2, 0.25) is 10.0 Å². The van der Waals surface area contributed by atoms with Crippen LogP contribution in [-0.4, -0.2) is 44.2 Å². The monoisotopic (exact) mass is 429 g/mol. The summed E-state index contributed by atoms with van der Waals surface area (Å²) in [7, 11) is 0. The van der Waals surface area contributed by atoms with Crippen LogP contribution in [0.1, 0.15) is 36.5 Å². The van der Waals surface area contributed by atoms with Crippen LogP contribution in [0, 0.1) is 0 Å². The van der Waals surface area contributed by atoms with Crippen molar-refractivity contribution in [1.29, 1.82) is 0 Å². The molecule has 150 valence electrons. The second-order valence-corrected chi connectivity index (χ2v) is 8.46. The van der Waals surface area contributed by atoms with E-state index in [1.807, 2.05) is 36.4 Å². The van der Waals surface area contributed by atoms with E-state index in [4.69, 9.17) is 27.9 Å². The van der Waals surface area contributed by atoms with Crippen LogP contribution in [0.15, 0.2) is 42.7 Å². The van der Waals surface area contributed by atoms with Crippen LogP contribution in [-0.2, 0) is 6.42 Å². The van der Waals surface area contributed by atoms with E-state index in [0.29, 0.717) is 5.02 Å². The van der Waals surface area contributed by atoms with E-state index in [9.17, 15) is 0 Å². The molecule has 3 aromatic rings. The molecule has 2 aliphatic rings. The second-order valence-electron chi connectivity index (χ2n) is 7.61. The number of fused-ring (bicyclic) bond motifs is 1. The number of tetrazole rings is 1. The first-order valence-corrected chi connectivity index (χ1v) is 10.7. The second kappa shape index (κ2) is 7.94. The summed E-state index contributed by atoms with van der Waals surface area (Å²) in [4.78, 5) is 2.55. The zero-order valence-corrected chi connectivity index (χ0v) is 17.4. The fourth-order valence-corrected chi connectivity index (χ4v) is 5.04. The number of likely N-dealkylation sites (tertiary alicyclic amines) is 1. The summed E-state index contributed by atoms with van der Waals surface area (Å²) in [6.45, 7) is 2.18. The molecule has 0 N–H and O–H groups in total. The molecule has 1 aliphatic carbocycles. The van der Waals surface area contributed by atoms with Crippen molar-refractivity contribution in [3.05, 3.63) is 63.9 Å². The van der Waals surface area contributed by atoms with Gasteiger partial charge in [-0.05, 0) is 72.6 Å². The largest absolute Gasteiger partial charge is 0.484 e. The van der Waals surface area contributed by atoms with Crippen molar-refractivity contribution in [2.24, 2.45) is 0 Å². The summed E-state index contributed by atoms with van der Waals surface area (Å²) < 4.78 is 8.19. The molecular weight excluding hydrogens is 409 g/mol. The Kier molecular flexibility index (Phi) is 5.16. The number of ether oxygens (including phenoxy) is 1. The van der Waals surface area contributed by atoms with E-state index in [2.05, 4.69) is 20.4 Å². The maximum atomic E-state index is 6.58. The molecule has 0 amide bonds. The van der Waals surface area contributed by atoms with Gasteiger partial charge in [-0.2, -0.15) is 0 Å². The molecule has 1 aliphatic heterocycles. The standard InChI is InChI=1S/C21H21Cl2N5O/c22-14-9-18-17(19(23)10-14)12-20(27-7-2-1-3-8-27)21(18)29-16-6-4-5-15(11-16)28-13-24-25-26-28/h4-6,9-11,13,20-21H,1-3,7-8,12H2/t20-,21-/m0/s1. The molecular formula is C21H21Cl2N5O. The minimum atomic E-state index is -0.122. The third-order valence-electron chi connectivity index (χ3n) is 5.82. The number of nitrogens with zero attached hydrogens (tertiary/aromatic N) is 5. The number of halogens is 2. The summed E-state index contributed by atoms with van der Waals surface area (Å²) in [5, 5.41) is 12.8. The SMILES string of the molecule is Clc1cc(Cl)c2c(c1)[C@H](Oc1cccc(-n3cnnn3)c1)[C@@H](N1CCCCC1)C2. The highest BCUT2D eigenvalue weighted by Crippen LogP contribution is 2.43. The summed E-state index contributed by atoms with van der Waals surface area (Å²) in [6, 6.07) is 11.9. The van der Waals surface area contributed by atoms with E-state index in [-0.39, 0.29) is 12.1 Å². The number of piperidine rings is 1. The number of rotatable bonds is 4. The summed E-state index contributed by atoms with van der Waals surface area (Å²) >= 11 is 12.9. The smallest absolute Gasteiger partial charge is 0.143 e. The van der Waals surface area contributed by atoms with Gasteiger partial charge in [-0.15, -0.1) is 5.10 Å². The van der Waals surface area contributed by atoms with Gasteiger partial charge in [0.15, 0.2) is 0 Å². The normalized spacial score (nSPS) is 21.9. The average molecular weight is 430 g/mol. The summed E-state index contributed by atoms with van der Waals surface area (Å²) in [5.41, 5.74) is 3.09. The lowest BCUT2D eigenvalue weighted by Gasteiger charge is -2.35. The van der Waals surface area contributed by atoms with E-state index in [1.54, 1.807) is 11.0 Å². The number of hydrogen-bond acceptors (Lipinski definition) is 5. The average Bonchev–Trinajstić information content (AvgIpc) is 3.38. The van der Waals surface area contributed by atoms with E-state index < -0.39 is 0 Å². The van der Waals surface area contributed by atoms with Crippen LogP contribution in [0.3, 0.4) is 0 Å². The van der Waals surface area contributed by atoms with E-state index >= 15 is 0 Å². The first kappa shape index (κ1) is 18.9. The van der Waals surface area contributed by atoms with Crippen molar-refractivity contribution >= 4 is 23.2 Å². The first-order chi connectivity index (χ1) is 14.2. The molecule has 5 rings (SSSR count). The predicted octanol–water partition coefficient (Wildman–Crippen LogP) is 4.50. The number of benzene rings is 2. The first-order valence-electron chi connectivity index (χ1n) is 9.91. The lowest BCUT2D eigenvalue weighted by Crippen LogP contribution is -2.43. The molecule has 1 fully saturated rings. The van der Waals surface area contributed by atoms with Gasteiger partial charge in [-0.1, -0.05) is 35.7 Å². The fourth-order valence-electron chi connectivity index (χ4n) is 4.45. The van der Waals surface area contributed by atoms with Crippen molar-refractivity contribution in [2.75, 3.05) is 13.1 Å². The van der Waals surface area contributed by atoms with Crippen LogP contribution >= 0.6 is 23.2 Å². The van der Waals surface area contributed by atoms with Crippen molar-refractivity contribution in [3.8, 4) is 11.4 Å². The quantitative estimate of drug-likeness (QED) is 0.610. The number of hydrogen-bond donors (Lipinski definition) is 0. The van der Waals surface area contributed by atoms with Gasteiger partial charge in [0.1, 0.15) is 18.2 Å². The molecule has 6 nitrogen and oxygen atoms in total. The summed E-state index contributed by atoms with van der Waals surface area (Å²) in [5.74, 6) is 0.772. The highest BCUT2D eigenvalue weighted by atomic mass is 35.5. The molecule has 2 aromatic carbocycles. The van der Waals surface area contributed by atoms with Crippen molar-refractivity contribution in [3.63, 3.8) is 0 Å². The van der Waals surface area contributed by atoms with Crippen molar-refractivity contribution < 1.29 is 4.74 Å². The molecule has 29 heavy (non-hydrogen) atoms. The molecule has 8 heteroatoms. The fraction of sp³-hybridized carbons (Fsp3) is 0.381. The molecule has 1 saturated heterocycles. The molecule has 0 unspecified atom stereocenters. The molecule has 0 radical (unpaired) electrons. The Labute approximate surface area is 179 Å². The Morgan fingerprint density at radius 1 is 1.03 bits per heavy atom. The Hall–Kier alpha value is -2.15. The van der Waals surface area contributed by atoms with E-state index in [1.165, 1.54) is 19.3 Å². The van der Waals surface area contributed by atoms with Crippen molar-refractivity contribution in [2.45, 2.75) is 37.8 Å². The molecule has 0 spiro atoms. The van der Waals surface area contributed by atoms with Crippen LogP contribution in [0.5, 0.6) is 5.75 Å². The van der Waals surface area contributed by atoms with Gasteiger partial charge in [0, 0.05) is 21.7 Å². The molecule has 2 heterocycles. The van der Waals surface area contributed by atoms with Crippen molar-refractivity contribution in [1.82, 2.24) is 25.1 Å². The van der Waals surface area contributed by atoms with E-state index in [0.717, 1.165) is 47.1 Å². The molecule has 0 saturated carbocycles. The lowest BCUT2D eigenvalue weighted by atomic mass is 10.0. The summed E-state index contributed by atoms with van der Waals surface area (Å²) in [6.07, 6.45) is 6.07. The Balaban J connectivity index is 1.49. The van der Waals surface area contributed by atoms with Gasteiger partial charge in [0.05, 0.1) is 11.7 Å². The van der Waals surface area contributed by atoms with Crippen LogP contribution in [0.4, 0.5) is 0 Å². The molecule has 1 aromatic heterocycles. The Morgan fingerprint density at radius 2 is 1.90 bits per heavy atom. The highest BCUT2D eigenvalue weighted by Gasteiger charge is 2.39. The maximum Gasteiger partial charge on any atom is 0.143 e. The third kappa shape index (κ3) is 3.72. The van der Waals surface area contributed by atoms with Gasteiger partial charge < -0.3 is 4.74 Å². The minimum absolute atomic E-state index is 0.122. The van der Waals surface area contributed by atoms with Gasteiger partial charge in [-0.25, -0.2) is 4.68 Å². The highest BCUT2D eigenvalue weighted by molar-refractivity contribution is 6.35. The molecule has 0 bridgehead atoms. The van der Waals surface area contributed by atoms with Gasteiger partial charge in [-0.3, -0.25) is 4.90 Å². The predicted molar refractivity (Wildman–Crippen MR) is 112 cm³/mol. The Bertz CT molecular complexity index is 1000. The zero-order valence-electron chi connectivity index (χ0n) is 15.8. The lowest BCUT2D eigenvalue weighted by molar-refractivity contribution is 0.0648. The maximum absolute atomic E-state index is 6.58. The minimum Gasteiger partial charge on any atom is -0.484 e. The number of aromatic nitrogens is 4. The van der Waals surface area contributed by atoms with Gasteiger partial charge in [0.25, 0.3) is 0 Å². The van der Waals surface area contributed by atoms with Gasteiger partial charge in [0.2, 0.25) is 0 Å². The van der Waals surface area contributed by atoms with Gasteiger partial charge >= 0.3 is 0 Å². The topological polar surface area (TPSA) is 56.1 Å². The van der Waals surface area contributed by atoms with Crippen LogP contribution < -0.4 is 4.74 Å². The third-order valence-corrected chi connectivity index (χ3v) is 6.37. The van der Waals surface area contributed by atoms with Crippen LogP contribution in [0.25, 0.3) is 5.69 Å². The molecule has 2 atom stereocenters. The zero-order chi connectivity index (χ0) is 19.8. The Morgan fingerprint density at radius 3 is 2.69 bits per heavy atom.